The van der Waals surface area contributed by atoms with Crippen LogP contribution in [0.5, 0.6) is 0 Å². The zero-order valence-corrected chi connectivity index (χ0v) is 19.3. The zero-order chi connectivity index (χ0) is 21.7. The maximum atomic E-state index is 5.14. The van der Waals surface area contributed by atoms with Crippen LogP contribution in [0, 0.1) is 13.8 Å². The van der Waals surface area contributed by atoms with Gasteiger partial charge in [-0.1, -0.05) is 12.1 Å². The van der Waals surface area contributed by atoms with Crippen molar-refractivity contribution in [3.05, 3.63) is 59.2 Å². The molecule has 6 nitrogen and oxygen atoms in total. The van der Waals surface area contributed by atoms with Crippen molar-refractivity contribution >= 4 is 11.5 Å². The molecule has 0 bridgehead atoms. The Hall–Kier alpha value is -2.44. The van der Waals surface area contributed by atoms with Crippen molar-refractivity contribution < 1.29 is 0 Å². The van der Waals surface area contributed by atoms with Gasteiger partial charge >= 0.3 is 0 Å². The Kier molecular flexibility index (Phi) is 5.15. The number of rotatable bonds is 4. The second-order valence-corrected chi connectivity index (χ2v) is 9.82. The van der Waals surface area contributed by atoms with Crippen LogP contribution in [0.3, 0.4) is 0 Å². The van der Waals surface area contributed by atoms with Gasteiger partial charge in [0.15, 0.2) is 0 Å². The SMILES string of the molecule is Cc1cccnc1[C@@H]1CCC[C@H](c2nc3cccc(N4CCN(C5CC5)CC4)n3c2C)N1. The number of aromatic nitrogens is 3. The molecule has 6 rings (SSSR count). The molecule has 3 aromatic heterocycles. The number of imidazole rings is 1. The minimum absolute atomic E-state index is 0.273. The smallest absolute Gasteiger partial charge is 0.138 e. The highest BCUT2D eigenvalue weighted by molar-refractivity contribution is 5.55. The maximum Gasteiger partial charge on any atom is 0.138 e. The summed E-state index contributed by atoms with van der Waals surface area (Å²) in [6.45, 7) is 8.97. The molecule has 0 radical (unpaired) electrons. The molecule has 0 amide bonds. The molecule has 1 N–H and O–H groups in total. The summed E-state index contributed by atoms with van der Waals surface area (Å²) in [7, 11) is 0. The fourth-order valence-corrected chi connectivity index (χ4v) is 5.80. The van der Waals surface area contributed by atoms with Gasteiger partial charge in [0.1, 0.15) is 11.5 Å². The van der Waals surface area contributed by atoms with Gasteiger partial charge in [0.25, 0.3) is 0 Å². The van der Waals surface area contributed by atoms with E-state index in [1.54, 1.807) is 0 Å². The summed E-state index contributed by atoms with van der Waals surface area (Å²) in [4.78, 5) is 15.1. The van der Waals surface area contributed by atoms with Crippen molar-refractivity contribution in [2.75, 3.05) is 31.1 Å². The first-order valence-corrected chi connectivity index (χ1v) is 12.3. The molecule has 1 aliphatic carbocycles. The summed E-state index contributed by atoms with van der Waals surface area (Å²) in [6, 6.07) is 12.2. The number of pyridine rings is 2. The monoisotopic (exact) mass is 430 g/mol. The van der Waals surface area contributed by atoms with E-state index < -0.39 is 0 Å². The molecule has 32 heavy (non-hydrogen) atoms. The summed E-state index contributed by atoms with van der Waals surface area (Å²) in [5.74, 6) is 1.29. The zero-order valence-electron chi connectivity index (χ0n) is 19.3. The minimum Gasteiger partial charge on any atom is -0.355 e. The number of piperidine rings is 1. The first-order chi connectivity index (χ1) is 15.7. The molecule has 0 unspecified atom stereocenters. The normalized spacial score (nSPS) is 24.9. The summed E-state index contributed by atoms with van der Waals surface area (Å²) < 4.78 is 2.39. The Morgan fingerprint density at radius 1 is 0.875 bits per heavy atom. The Labute approximate surface area is 190 Å². The molecule has 6 heteroatoms. The summed E-state index contributed by atoms with van der Waals surface area (Å²) in [5.41, 5.74) is 6.00. The van der Waals surface area contributed by atoms with Gasteiger partial charge in [-0.05, 0) is 69.7 Å². The molecule has 3 fully saturated rings. The third-order valence-corrected chi connectivity index (χ3v) is 7.69. The Morgan fingerprint density at radius 3 is 2.41 bits per heavy atom. The van der Waals surface area contributed by atoms with Crippen LogP contribution in [-0.2, 0) is 0 Å². The van der Waals surface area contributed by atoms with Crippen LogP contribution in [0.15, 0.2) is 36.5 Å². The molecule has 3 aliphatic rings. The Balaban J connectivity index is 1.28. The molecule has 2 aliphatic heterocycles. The van der Waals surface area contributed by atoms with Gasteiger partial charge < -0.3 is 10.2 Å². The van der Waals surface area contributed by atoms with E-state index >= 15 is 0 Å². The number of nitrogens with zero attached hydrogens (tertiary/aromatic N) is 5. The number of nitrogens with one attached hydrogen (secondary N) is 1. The summed E-state index contributed by atoms with van der Waals surface area (Å²) >= 11 is 0. The highest BCUT2D eigenvalue weighted by Crippen LogP contribution is 2.35. The minimum atomic E-state index is 0.273. The second-order valence-electron chi connectivity index (χ2n) is 9.82. The second kappa shape index (κ2) is 8.16. The number of fused-ring (bicyclic) bond motifs is 1. The molecule has 0 spiro atoms. The molecule has 1 saturated carbocycles. The molecule has 3 aromatic rings. The number of anilines is 1. The predicted octanol–water partition coefficient (Wildman–Crippen LogP) is 4.19. The molecular weight excluding hydrogens is 396 g/mol. The lowest BCUT2D eigenvalue weighted by Crippen LogP contribution is -2.47. The fraction of sp³-hybridized carbons (Fsp3) is 0.538. The van der Waals surface area contributed by atoms with Crippen LogP contribution in [0.25, 0.3) is 5.65 Å². The summed E-state index contributed by atoms with van der Waals surface area (Å²) in [5, 5.41) is 3.89. The maximum absolute atomic E-state index is 5.14. The largest absolute Gasteiger partial charge is 0.355 e. The fourth-order valence-electron chi connectivity index (χ4n) is 5.80. The van der Waals surface area contributed by atoms with Crippen molar-refractivity contribution in [1.82, 2.24) is 24.6 Å². The molecule has 168 valence electrons. The quantitative estimate of drug-likeness (QED) is 0.673. The third kappa shape index (κ3) is 3.59. The van der Waals surface area contributed by atoms with Crippen LogP contribution in [0.2, 0.25) is 0 Å². The first-order valence-electron chi connectivity index (χ1n) is 12.3. The molecule has 2 atom stereocenters. The van der Waals surface area contributed by atoms with E-state index in [0.717, 1.165) is 37.6 Å². The molecule has 5 heterocycles. The van der Waals surface area contributed by atoms with Crippen LogP contribution in [0.4, 0.5) is 5.82 Å². The van der Waals surface area contributed by atoms with Crippen LogP contribution < -0.4 is 10.2 Å². The average Bonchev–Trinajstić information content (AvgIpc) is 3.63. The highest BCUT2D eigenvalue weighted by atomic mass is 15.3. The van der Waals surface area contributed by atoms with Gasteiger partial charge in [-0.25, -0.2) is 4.98 Å². The molecule has 0 aromatic carbocycles. The van der Waals surface area contributed by atoms with Crippen molar-refractivity contribution in [3.63, 3.8) is 0 Å². The van der Waals surface area contributed by atoms with E-state index in [1.165, 1.54) is 60.8 Å². The van der Waals surface area contributed by atoms with E-state index in [2.05, 4.69) is 57.6 Å². The van der Waals surface area contributed by atoms with Crippen LogP contribution in [-0.4, -0.2) is 51.5 Å². The van der Waals surface area contributed by atoms with Gasteiger partial charge in [-0.3, -0.25) is 14.3 Å². The lowest BCUT2D eigenvalue weighted by Gasteiger charge is -2.36. The van der Waals surface area contributed by atoms with E-state index in [1.807, 2.05) is 12.3 Å². The van der Waals surface area contributed by atoms with Gasteiger partial charge in [0.2, 0.25) is 0 Å². The number of aryl methyl sites for hydroxylation is 2. The van der Waals surface area contributed by atoms with Crippen molar-refractivity contribution in [3.8, 4) is 0 Å². The third-order valence-electron chi connectivity index (χ3n) is 7.69. The summed E-state index contributed by atoms with van der Waals surface area (Å²) in [6.07, 6.45) is 8.17. The topological polar surface area (TPSA) is 48.7 Å². The standard InChI is InChI=1S/C26H34N6/c1-18-6-5-13-27-25(18)21-7-3-8-22(28-21)26-19(2)32-23(29-26)9-4-10-24(32)31-16-14-30(15-17-31)20-11-12-20/h4-6,9-10,13,20-22,28H,3,7-8,11-12,14-17H2,1-2H3/t21-,22+/m0/s1. The van der Waals surface area contributed by atoms with Crippen LogP contribution in [0.1, 0.15) is 66.8 Å². The average molecular weight is 431 g/mol. The lowest BCUT2D eigenvalue weighted by molar-refractivity contribution is 0.247. The van der Waals surface area contributed by atoms with E-state index in [-0.39, 0.29) is 6.04 Å². The molecular formula is C26H34N6. The van der Waals surface area contributed by atoms with Crippen molar-refractivity contribution in [1.29, 1.82) is 0 Å². The van der Waals surface area contributed by atoms with E-state index in [9.17, 15) is 0 Å². The number of piperazine rings is 1. The van der Waals surface area contributed by atoms with E-state index in [4.69, 9.17) is 9.97 Å². The number of hydrogen-bond donors (Lipinski definition) is 1. The molecule has 2 saturated heterocycles. The van der Waals surface area contributed by atoms with Gasteiger partial charge in [0, 0.05) is 44.1 Å². The Morgan fingerprint density at radius 2 is 1.66 bits per heavy atom. The van der Waals surface area contributed by atoms with Gasteiger partial charge in [-0.2, -0.15) is 0 Å². The predicted molar refractivity (Wildman–Crippen MR) is 128 cm³/mol. The Bertz CT molecular complexity index is 1110. The van der Waals surface area contributed by atoms with Gasteiger partial charge in [-0.15, -0.1) is 0 Å². The number of hydrogen-bond acceptors (Lipinski definition) is 5. The van der Waals surface area contributed by atoms with Crippen molar-refractivity contribution in [2.45, 2.75) is 64.1 Å². The first kappa shape index (κ1) is 20.2. The van der Waals surface area contributed by atoms with Gasteiger partial charge in [0.05, 0.1) is 23.5 Å². The lowest BCUT2D eigenvalue weighted by atomic mass is 9.92. The highest BCUT2D eigenvalue weighted by Gasteiger charge is 2.32. The van der Waals surface area contributed by atoms with E-state index in [0.29, 0.717) is 6.04 Å². The van der Waals surface area contributed by atoms with Crippen LogP contribution >= 0.6 is 0 Å². The van der Waals surface area contributed by atoms with Crippen molar-refractivity contribution in [2.24, 2.45) is 0 Å².